The van der Waals surface area contributed by atoms with E-state index in [-0.39, 0.29) is 0 Å². The van der Waals surface area contributed by atoms with Crippen LogP contribution in [0.25, 0.3) is 0 Å². The number of benzene rings is 1. The molecule has 0 aliphatic heterocycles. The molecule has 0 fully saturated rings. The second kappa shape index (κ2) is 6.02. The lowest BCUT2D eigenvalue weighted by Crippen LogP contribution is -2.23. The maximum atomic E-state index is 11.7. The summed E-state index contributed by atoms with van der Waals surface area (Å²) in [7, 11) is -3.34. The summed E-state index contributed by atoms with van der Waals surface area (Å²) in [5, 5.41) is 3.24. The average Bonchev–Trinajstić information content (AvgIpc) is 2.27. The lowest BCUT2D eigenvalue weighted by atomic mass is 10.2. The van der Waals surface area contributed by atoms with Gasteiger partial charge in [-0.25, -0.2) is 13.1 Å². The Kier molecular flexibility index (Phi) is 4.96. The van der Waals surface area contributed by atoms with Gasteiger partial charge >= 0.3 is 0 Å². The van der Waals surface area contributed by atoms with Crippen molar-refractivity contribution in [2.45, 2.75) is 25.7 Å². The van der Waals surface area contributed by atoms with E-state index < -0.39 is 10.0 Å². The van der Waals surface area contributed by atoms with Crippen molar-refractivity contribution in [2.24, 2.45) is 5.92 Å². The van der Waals surface area contributed by atoms with E-state index in [1.807, 2.05) is 0 Å². The van der Waals surface area contributed by atoms with E-state index in [1.54, 1.807) is 31.2 Å². The van der Waals surface area contributed by atoms with Gasteiger partial charge in [0.05, 0.1) is 4.90 Å². The van der Waals surface area contributed by atoms with Crippen LogP contribution in [0.2, 0.25) is 0 Å². The van der Waals surface area contributed by atoms with E-state index in [0.717, 1.165) is 12.2 Å². The highest BCUT2D eigenvalue weighted by Crippen LogP contribution is 2.14. The minimum absolute atomic E-state index is 0.300. The standard InChI is InChI=1S/C12H20N2O2S/c1-4-14-17(15,16)12-7-5-11(6-8-12)13-9-10(2)3/h5-8,10,13-14H,4,9H2,1-3H3. The maximum absolute atomic E-state index is 11.7. The first-order valence-electron chi connectivity index (χ1n) is 5.79. The minimum Gasteiger partial charge on any atom is -0.385 e. The number of rotatable bonds is 6. The van der Waals surface area contributed by atoms with E-state index in [2.05, 4.69) is 23.9 Å². The second-order valence-corrected chi connectivity index (χ2v) is 6.07. The van der Waals surface area contributed by atoms with Crippen LogP contribution in [-0.4, -0.2) is 21.5 Å². The van der Waals surface area contributed by atoms with Gasteiger partial charge in [-0.1, -0.05) is 20.8 Å². The van der Waals surface area contributed by atoms with Crippen LogP contribution in [0.3, 0.4) is 0 Å². The lowest BCUT2D eigenvalue weighted by Gasteiger charge is -2.10. The van der Waals surface area contributed by atoms with Gasteiger partial charge in [-0.2, -0.15) is 0 Å². The first-order valence-corrected chi connectivity index (χ1v) is 7.27. The molecular formula is C12H20N2O2S. The van der Waals surface area contributed by atoms with Crippen molar-refractivity contribution < 1.29 is 8.42 Å². The van der Waals surface area contributed by atoms with Crippen LogP contribution in [0, 0.1) is 5.92 Å². The zero-order valence-electron chi connectivity index (χ0n) is 10.5. The fourth-order valence-electron chi connectivity index (χ4n) is 1.35. The number of hydrogen-bond acceptors (Lipinski definition) is 3. The van der Waals surface area contributed by atoms with Crippen molar-refractivity contribution in [3.8, 4) is 0 Å². The molecule has 0 amide bonds. The summed E-state index contributed by atoms with van der Waals surface area (Å²) in [5.41, 5.74) is 0.939. The second-order valence-electron chi connectivity index (χ2n) is 4.30. The largest absolute Gasteiger partial charge is 0.385 e. The SMILES string of the molecule is CCNS(=O)(=O)c1ccc(NCC(C)C)cc1. The normalized spacial score (nSPS) is 11.8. The molecule has 0 radical (unpaired) electrons. The highest BCUT2D eigenvalue weighted by molar-refractivity contribution is 7.89. The lowest BCUT2D eigenvalue weighted by molar-refractivity contribution is 0.584. The molecule has 0 aliphatic carbocycles. The molecule has 4 nitrogen and oxygen atoms in total. The Bertz CT molecular complexity index is 438. The zero-order valence-corrected chi connectivity index (χ0v) is 11.3. The predicted octanol–water partition coefficient (Wildman–Crippen LogP) is 2.05. The van der Waals surface area contributed by atoms with Gasteiger partial charge in [-0.05, 0) is 30.2 Å². The fraction of sp³-hybridized carbons (Fsp3) is 0.500. The van der Waals surface area contributed by atoms with Gasteiger partial charge in [0.2, 0.25) is 10.0 Å². The van der Waals surface area contributed by atoms with Gasteiger partial charge in [0.25, 0.3) is 0 Å². The highest BCUT2D eigenvalue weighted by atomic mass is 32.2. The predicted molar refractivity (Wildman–Crippen MR) is 70.6 cm³/mol. The Labute approximate surface area is 103 Å². The summed E-state index contributed by atoms with van der Waals surface area (Å²) in [6.45, 7) is 7.28. The van der Waals surface area contributed by atoms with Crippen LogP contribution in [0.15, 0.2) is 29.2 Å². The van der Waals surface area contributed by atoms with E-state index in [4.69, 9.17) is 0 Å². The fourth-order valence-corrected chi connectivity index (χ4v) is 2.39. The number of sulfonamides is 1. The maximum Gasteiger partial charge on any atom is 0.240 e. The van der Waals surface area contributed by atoms with Crippen molar-refractivity contribution in [1.82, 2.24) is 4.72 Å². The molecule has 0 heterocycles. The van der Waals surface area contributed by atoms with Crippen molar-refractivity contribution in [3.63, 3.8) is 0 Å². The van der Waals surface area contributed by atoms with Gasteiger partial charge in [0.15, 0.2) is 0 Å². The summed E-state index contributed by atoms with van der Waals surface area (Å²) >= 11 is 0. The molecule has 0 spiro atoms. The number of anilines is 1. The van der Waals surface area contributed by atoms with E-state index in [1.165, 1.54) is 0 Å². The average molecular weight is 256 g/mol. The van der Waals surface area contributed by atoms with Gasteiger partial charge < -0.3 is 5.32 Å². The van der Waals surface area contributed by atoms with Crippen molar-refractivity contribution >= 4 is 15.7 Å². The van der Waals surface area contributed by atoms with Crippen molar-refractivity contribution in [3.05, 3.63) is 24.3 Å². The molecule has 0 atom stereocenters. The summed E-state index contributed by atoms with van der Waals surface area (Å²) in [5.74, 6) is 0.556. The number of hydrogen-bond donors (Lipinski definition) is 2. The molecule has 96 valence electrons. The molecule has 0 aliphatic rings. The van der Waals surface area contributed by atoms with E-state index in [9.17, 15) is 8.42 Å². The van der Waals surface area contributed by atoms with Gasteiger partial charge in [0, 0.05) is 18.8 Å². The van der Waals surface area contributed by atoms with Gasteiger partial charge in [-0.3, -0.25) is 0 Å². The molecule has 1 rings (SSSR count). The van der Waals surface area contributed by atoms with E-state index >= 15 is 0 Å². The molecule has 0 unspecified atom stereocenters. The molecular weight excluding hydrogens is 236 g/mol. The molecule has 2 N–H and O–H groups in total. The Morgan fingerprint density at radius 1 is 1.18 bits per heavy atom. The Morgan fingerprint density at radius 3 is 2.24 bits per heavy atom. The zero-order chi connectivity index (χ0) is 12.9. The Balaban J connectivity index is 2.74. The Hall–Kier alpha value is -1.07. The first kappa shape index (κ1) is 14.0. The van der Waals surface area contributed by atoms with Crippen LogP contribution in [-0.2, 0) is 10.0 Å². The summed E-state index contributed by atoms with van der Waals surface area (Å²) in [4.78, 5) is 0.300. The number of nitrogens with one attached hydrogen (secondary N) is 2. The molecule has 5 heteroatoms. The third-order valence-corrected chi connectivity index (χ3v) is 3.77. The minimum atomic E-state index is -3.34. The van der Waals surface area contributed by atoms with Crippen LogP contribution in [0.4, 0.5) is 5.69 Å². The molecule has 0 bridgehead atoms. The van der Waals surface area contributed by atoms with Crippen molar-refractivity contribution in [2.75, 3.05) is 18.4 Å². The van der Waals surface area contributed by atoms with Crippen LogP contribution in [0.1, 0.15) is 20.8 Å². The van der Waals surface area contributed by atoms with Gasteiger partial charge in [0.1, 0.15) is 0 Å². The Morgan fingerprint density at radius 2 is 1.76 bits per heavy atom. The first-order chi connectivity index (χ1) is 7.95. The molecule has 0 saturated heterocycles. The molecule has 1 aromatic carbocycles. The van der Waals surface area contributed by atoms with Gasteiger partial charge in [-0.15, -0.1) is 0 Å². The molecule has 0 saturated carbocycles. The van der Waals surface area contributed by atoms with E-state index in [0.29, 0.717) is 17.4 Å². The quantitative estimate of drug-likeness (QED) is 0.819. The highest BCUT2D eigenvalue weighted by Gasteiger charge is 2.11. The molecule has 1 aromatic rings. The topological polar surface area (TPSA) is 58.2 Å². The van der Waals surface area contributed by atoms with Crippen LogP contribution >= 0.6 is 0 Å². The summed E-state index contributed by atoms with van der Waals surface area (Å²) < 4.78 is 25.8. The van der Waals surface area contributed by atoms with Crippen LogP contribution < -0.4 is 10.0 Å². The third kappa shape index (κ3) is 4.36. The van der Waals surface area contributed by atoms with Crippen LogP contribution in [0.5, 0.6) is 0 Å². The van der Waals surface area contributed by atoms with Crippen molar-refractivity contribution in [1.29, 1.82) is 0 Å². The summed E-state index contributed by atoms with van der Waals surface area (Å²) in [6, 6.07) is 6.79. The molecule has 17 heavy (non-hydrogen) atoms. The molecule has 0 aromatic heterocycles. The summed E-state index contributed by atoms with van der Waals surface area (Å²) in [6.07, 6.45) is 0. The smallest absolute Gasteiger partial charge is 0.240 e. The third-order valence-electron chi connectivity index (χ3n) is 2.21. The monoisotopic (exact) mass is 256 g/mol.